The number of nitrogens with one attached hydrogen (secondary N) is 2. The molecule has 1 aromatic rings. The van der Waals surface area contributed by atoms with Gasteiger partial charge in [-0.2, -0.15) is 0 Å². The van der Waals surface area contributed by atoms with E-state index < -0.39 is 17.2 Å². The second-order valence-corrected chi connectivity index (χ2v) is 7.21. The van der Waals surface area contributed by atoms with Crippen molar-refractivity contribution in [2.75, 3.05) is 6.54 Å². The molecule has 2 amide bonds. The van der Waals surface area contributed by atoms with Crippen LogP contribution in [0, 0.1) is 0 Å². The molecule has 0 bridgehead atoms. The summed E-state index contributed by atoms with van der Waals surface area (Å²) < 4.78 is 5.20. The lowest BCUT2D eigenvalue weighted by atomic mass is 9.96. The van der Waals surface area contributed by atoms with Gasteiger partial charge in [0.05, 0.1) is 0 Å². The predicted molar refractivity (Wildman–Crippen MR) is 96.9 cm³/mol. The number of unbranched alkanes of at least 4 members (excludes halogenated alkanes) is 1. The highest BCUT2D eigenvalue weighted by Crippen LogP contribution is 2.35. The van der Waals surface area contributed by atoms with Gasteiger partial charge in [-0.15, -0.1) is 0 Å². The Kier molecular flexibility index (Phi) is 6.42. The third-order valence-electron chi connectivity index (χ3n) is 4.49. The number of benzene rings is 1. The summed E-state index contributed by atoms with van der Waals surface area (Å²) >= 11 is 0. The maximum Gasteiger partial charge on any atom is 0.408 e. The van der Waals surface area contributed by atoms with Crippen molar-refractivity contribution in [3.05, 3.63) is 35.9 Å². The molecule has 1 saturated carbocycles. The van der Waals surface area contributed by atoms with Gasteiger partial charge in [-0.05, 0) is 31.7 Å². The molecule has 4 N–H and O–H groups in total. The lowest BCUT2D eigenvalue weighted by Gasteiger charge is -2.26. The van der Waals surface area contributed by atoms with Gasteiger partial charge < -0.3 is 21.1 Å². The molecule has 1 atom stereocenters. The van der Waals surface area contributed by atoms with Crippen LogP contribution < -0.4 is 16.4 Å². The summed E-state index contributed by atoms with van der Waals surface area (Å²) in [5, 5.41) is 5.58. The highest BCUT2D eigenvalue weighted by Gasteiger charge is 2.51. The first-order valence-electron chi connectivity index (χ1n) is 8.93. The number of amides is 2. The normalized spacial score (nSPS) is 17.2. The number of rotatable bonds is 9. The first-order chi connectivity index (χ1) is 11.9. The van der Waals surface area contributed by atoms with Crippen molar-refractivity contribution < 1.29 is 14.3 Å². The van der Waals surface area contributed by atoms with E-state index in [0.29, 0.717) is 19.4 Å². The zero-order valence-corrected chi connectivity index (χ0v) is 15.1. The van der Waals surface area contributed by atoms with Crippen LogP contribution in [-0.2, 0) is 16.1 Å². The van der Waals surface area contributed by atoms with E-state index in [4.69, 9.17) is 10.5 Å². The molecule has 0 aliphatic heterocycles. The van der Waals surface area contributed by atoms with E-state index in [1.165, 1.54) is 0 Å². The van der Waals surface area contributed by atoms with Gasteiger partial charge in [-0.3, -0.25) is 4.79 Å². The molecule has 0 aromatic heterocycles. The summed E-state index contributed by atoms with van der Waals surface area (Å²) in [5.74, 6) is -0.183. The highest BCUT2D eigenvalue weighted by atomic mass is 16.5. The fourth-order valence-electron chi connectivity index (χ4n) is 2.61. The van der Waals surface area contributed by atoms with Crippen LogP contribution >= 0.6 is 0 Å². The molecular weight excluding hydrogens is 318 g/mol. The summed E-state index contributed by atoms with van der Waals surface area (Å²) in [5.41, 5.74) is 5.83. The van der Waals surface area contributed by atoms with Crippen LogP contribution in [0.5, 0.6) is 0 Å². The molecule has 25 heavy (non-hydrogen) atoms. The average Bonchev–Trinajstić information content (AvgIpc) is 3.38. The first kappa shape index (κ1) is 19.2. The molecule has 0 spiro atoms. The summed E-state index contributed by atoms with van der Waals surface area (Å²) in [6.07, 6.45) is 3.62. The van der Waals surface area contributed by atoms with Crippen LogP contribution in [0.2, 0.25) is 0 Å². The largest absolute Gasteiger partial charge is 0.445 e. The zero-order chi connectivity index (χ0) is 18.3. The van der Waals surface area contributed by atoms with Crippen LogP contribution in [0.3, 0.4) is 0 Å². The van der Waals surface area contributed by atoms with Gasteiger partial charge in [0.2, 0.25) is 5.91 Å². The van der Waals surface area contributed by atoms with E-state index in [0.717, 1.165) is 24.8 Å². The fourth-order valence-corrected chi connectivity index (χ4v) is 2.61. The van der Waals surface area contributed by atoms with Crippen LogP contribution in [0.15, 0.2) is 30.3 Å². The lowest BCUT2D eigenvalue weighted by molar-refractivity contribution is -0.124. The molecular formula is C19H29N3O3. The number of hydrogen-bond donors (Lipinski definition) is 3. The Morgan fingerprint density at radius 2 is 1.96 bits per heavy atom. The molecule has 1 aliphatic carbocycles. The SMILES string of the molecule is CCCC[C@@](C)(N)CNC(=O)C1(NC(=O)OCc2ccccc2)CC1. The molecule has 1 aromatic carbocycles. The standard InChI is InChI=1S/C19H29N3O3/c1-3-4-10-18(2,20)14-21-16(23)19(11-12-19)22-17(24)25-13-15-8-6-5-7-9-15/h5-9H,3-4,10-14,20H2,1-2H3,(H,21,23)(H,22,24)/t18-/m1/s1. The predicted octanol–water partition coefficient (Wildman–Crippen LogP) is 2.47. The van der Waals surface area contributed by atoms with Crippen molar-refractivity contribution >= 4 is 12.0 Å². The third kappa shape index (κ3) is 6.05. The zero-order valence-electron chi connectivity index (χ0n) is 15.1. The van der Waals surface area contributed by atoms with E-state index in [1.54, 1.807) is 0 Å². The number of nitrogens with two attached hydrogens (primary N) is 1. The quantitative estimate of drug-likeness (QED) is 0.640. The molecule has 138 valence electrons. The van der Waals surface area contributed by atoms with Crippen LogP contribution in [0.4, 0.5) is 4.79 Å². The number of alkyl carbamates (subject to hydrolysis) is 1. The minimum atomic E-state index is -0.839. The van der Waals surface area contributed by atoms with E-state index in [2.05, 4.69) is 17.6 Å². The monoisotopic (exact) mass is 347 g/mol. The maximum atomic E-state index is 12.4. The summed E-state index contributed by atoms with van der Waals surface area (Å²) in [6, 6.07) is 9.43. The van der Waals surface area contributed by atoms with Gasteiger partial charge in [0, 0.05) is 12.1 Å². The Balaban J connectivity index is 1.77. The topological polar surface area (TPSA) is 93.5 Å². The van der Waals surface area contributed by atoms with Crippen molar-refractivity contribution in [1.82, 2.24) is 10.6 Å². The van der Waals surface area contributed by atoms with E-state index in [1.807, 2.05) is 37.3 Å². The smallest absolute Gasteiger partial charge is 0.408 e. The second kappa shape index (κ2) is 8.34. The minimum absolute atomic E-state index is 0.183. The van der Waals surface area contributed by atoms with Gasteiger partial charge in [0.15, 0.2) is 0 Å². The van der Waals surface area contributed by atoms with Gasteiger partial charge in [-0.1, -0.05) is 50.1 Å². The number of carbonyl (C=O) groups excluding carboxylic acids is 2. The Bertz CT molecular complexity index is 583. The number of ether oxygens (including phenoxy) is 1. The van der Waals surface area contributed by atoms with Crippen LogP contribution in [0.25, 0.3) is 0 Å². The van der Waals surface area contributed by atoms with Crippen molar-refractivity contribution in [2.24, 2.45) is 5.73 Å². The summed E-state index contributed by atoms with van der Waals surface area (Å²) in [4.78, 5) is 24.4. The molecule has 0 saturated heterocycles. The van der Waals surface area contributed by atoms with Gasteiger partial charge in [0.25, 0.3) is 0 Å². The Morgan fingerprint density at radius 1 is 1.28 bits per heavy atom. The van der Waals surface area contributed by atoms with Crippen molar-refractivity contribution in [2.45, 2.75) is 63.6 Å². The third-order valence-corrected chi connectivity index (χ3v) is 4.49. The second-order valence-electron chi connectivity index (χ2n) is 7.21. The molecule has 0 unspecified atom stereocenters. The molecule has 6 nitrogen and oxygen atoms in total. The number of carbonyl (C=O) groups is 2. The Morgan fingerprint density at radius 3 is 2.56 bits per heavy atom. The van der Waals surface area contributed by atoms with Crippen LogP contribution in [0.1, 0.15) is 51.5 Å². The Hall–Kier alpha value is -2.08. The van der Waals surface area contributed by atoms with E-state index >= 15 is 0 Å². The highest BCUT2D eigenvalue weighted by molar-refractivity contribution is 5.92. The summed E-state index contributed by atoms with van der Waals surface area (Å²) in [6.45, 7) is 4.62. The molecule has 1 fully saturated rings. The van der Waals surface area contributed by atoms with Crippen molar-refractivity contribution in [3.63, 3.8) is 0 Å². The van der Waals surface area contributed by atoms with Gasteiger partial charge in [0.1, 0.15) is 12.1 Å². The van der Waals surface area contributed by atoms with Crippen LogP contribution in [-0.4, -0.2) is 29.6 Å². The van der Waals surface area contributed by atoms with E-state index in [9.17, 15) is 9.59 Å². The lowest BCUT2D eigenvalue weighted by Crippen LogP contribution is -2.54. The molecule has 0 radical (unpaired) electrons. The molecule has 0 heterocycles. The van der Waals surface area contributed by atoms with Gasteiger partial charge in [-0.25, -0.2) is 4.79 Å². The van der Waals surface area contributed by atoms with E-state index in [-0.39, 0.29) is 12.5 Å². The van der Waals surface area contributed by atoms with Crippen molar-refractivity contribution in [3.8, 4) is 0 Å². The summed E-state index contributed by atoms with van der Waals surface area (Å²) in [7, 11) is 0. The fraction of sp³-hybridized carbons (Fsp3) is 0.579. The maximum absolute atomic E-state index is 12.4. The average molecular weight is 347 g/mol. The molecule has 6 heteroatoms. The molecule has 2 rings (SSSR count). The molecule has 1 aliphatic rings. The number of hydrogen-bond acceptors (Lipinski definition) is 4. The Labute approximate surface area is 149 Å². The minimum Gasteiger partial charge on any atom is -0.445 e. The van der Waals surface area contributed by atoms with Crippen molar-refractivity contribution in [1.29, 1.82) is 0 Å². The first-order valence-corrected chi connectivity index (χ1v) is 8.93. The van der Waals surface area contributed by atoms with Gasteiger partial charge >= 0.3 is 6.09 Å².